The highest BCUT2D eigenvalue weighted by Crippen LogP contribution is 2.40. The zero-order valence-electron chi connectivity index (χ0n) is 11.8. The Morgan fingerprint density at radius 1 is 1.65 bits per heavy atom. The second kappa shape index (κ2) is 6.14. The smallest absolute Gasteiger partial charge is 0.350 e. The van der Waals surface area contributed by atoms with Gasteiger partial charge in [-0.15, -0.1) is 11.3 Å². The van der Waals surface area contributed by atoms with Gasteiger partial charge in [-0.3, -0.25) is 0 Å². The summed E-state index contributed by atoms with van der Waals surface area (Å²) in [5, 5.41) is 10.1. The number of rotatable bonds is 3. The van der Waals surface area contributed by atoms with Gasteiger partial charge in [0.15, 0.2) is 0 Å². The van der Waals surface area contributed by atoms with E-state index >= 15 is 0 Å². The Bertz CT molecular complexity index is 547. The third kappa shape index (κ3) is 2.59. The molecule has 1 atom stereocenters. The van der Waals surface area contributed by atoms with E-state index in [0.29, 0.717) is 16.4 Å². The molecule has 0 amide bonds. The first kappa shape index (κ1) is 14.7. The Labute approximate surface area is 122 Å². The van der Waals surface area contributed by atoms with E-state index in [4.69, 9.17) is 10.5 Å². The standard InChI is InChI=1S/C14H19N3O2S/c1-3-9-5-4-6-17(8-9)13-10(7-15)11(16)12(20-13)14(18)19-2/h9H,3-6,8,16H2,1-2H3. The summed E-state index contributed by atoms with van der Waals surface area (Å²) in [6.07, 6.45) is 3.46. The van der Waals surface area contributed by atoms with Crippen LogP contribution in [-0.4, -0.2) is 26.2 Å². The van der Waals surface area contributed by atoms with Crippen molar-refractivity contribution in [3.05, 3.63) is 10.4 Å². The molecule has 20 heavy (non-hydrogen) atoms. The van der Waals surface area contributed by atoms with Crippen molar-refractivity contribution in [3.8, 4) is 6.07 Å². The van der Waals surface area contributed by atoms with E-state index < -0.39 is 5.97 Å². The number of thiophene rings is 1. The number of nitrogen functional groups attached to an aromatic ring is 1. The van der Waals surface area contributed by atoms with E-state index in [1.807, 2.05) is 0 Å². The Morgan fingerprint density at radius 3 is 3.00 bits per heavy atom. The van der Waals surface area contributed by atoms with Crippen molar-refractivity contribution in [2.24, 2.45) is 5.92 Å². The first-order chi connectivity index (χ1) is 9.62. The van der Waals surface area contributed by atoms with Gasteiger partial charge in [-0.2, -0.15) is 5.26 Å². The van der Waals surface area contributed by atoms with E-state index in [1.54, 1.807) is 0 Å². The molecule has 1 saturated heterocycles. The lowest BCUT2D eigenvalue weighted by molar-refractivity contribution is 0.0607. The first-order valence-corrected chi connectivity index (χ1v) is 7.59. The molecule has 0 spiro atoms. The van der Waals surface area contributed by atoms with Gasteiger partial charge in [-0.25, -0.2) is 4.79 Å². The van der Waals surface area contributed by atoms with Crippen LogP contribution in [0.15, 0.2) is 0 Å². The van der Waals surface area contributed by atoms with E-state index in [1.165, 1.54) is 24.9 Å². The number of esters is 1. The number of nitriles is 1. The molecule has 2 N–H and O–H groups in total. The fourth-order valence-corrected chi connectivity index (χ4v) is 3.71. The molecule has 0 aromatic carbocycles. The van der Waals surface area contributed by atoms with Crippen LogP contribution in [0, 0.1) is 17.2 Å². The van der Waals surface area contributed by atoms with Crippen LogP contribution in [-0.2, 0) is 4.74 Å². The lowest BCUT2D eigenvalue weighted by Crippen LogP contribution is -2.35. The largest absolute Gasteiger partial charge is 0.465 e. The summed E-state index contributed by atoms with van der Waals surface area (Å²) in [5.41, 5.74) is 6.58. The zero-order chi connectivity index (χ0) is 14.7. The van der Waals surface area contributed by atoms with E-state index in [0.717, 1.165) is 30.9 Å². The number of ether oxygens (including phenoxy) is 1. The number of piperidine rings is 1. The van der Waals surface area contributed by atoms with Gasteiger partial charge in [0.1, 0.15) is 21.5 Å². The molecule has 1 unspecified atom stereocenters. The summed E-state index contributed by atoms with van der Waals surface area (Å²) in [6.45, 7) is 4.01. The Morgan fingerprint density at radius 2 is 2.40 bits per heavy atom. The molecule has 2 heterocycles. The van der Waals surface area contributed by atoms with Crippen LogP contribution in [0.4, 0.5) is 10.7 Å². The molecular formula is C14H19N3O2S. The number of nitrogens with two attached hydrogens (primary N) is 1. The van der Waals surface area contributed by atoms with Crippen LogP contribution in [0.5, 0.6) is 0 Å². The Hall–Kier alpha value is -1.74. The molecule has 0 aliphatic carbocycles. The summed E-state index contributed by atoms with van der Waals surface area (Å²) in [6, 6.07) is 2.13. The normalized spacial score (nSPS) is 18.6. The van der Waals surface area contributed by atoms with Crippen LogP contribution in [0.3, 0.4) is 0 Å². The van der Waals surface area contributed by atoms with Gasteiger partial charge in [0.2, 0.25) is 0 Å². The third-order valence-electron chi connectivity index (χ3n) is 3.79. The number of carbonyl (C=O) groups excluding carboxylic acids is 1. The molecule has 0 saturated carbocycles. The van der Waals surface area contributed by atoms with Gasteiger partial charge >= 0.3 is 5.97 Å². The quantitative estimate of drug-likeness (QED) is 0.867. The SMILES string of the molecule is CCC1CCCN(c2sc(C(=O)OC)c(N)c2C#N)C1. The first-order valence-electron chi connectivity index (χ1n) is 6.77. The molecular weight excluding hydrogens is 274 g/mol. The van der Waals surface area contributed by atoms with Crippen LogP contribution in [0.25, 0.3) is 0 Å². The number of hydrogen-bond acceptors (Lipinski definition) is 6. The predicted octanol–water partition coefficient (Wildman–Crippen LogP) is 2.61. The molecule has 1 aromatic heterocycles. The molecule has 6 heteroatoms. The molecule has 0 bridgehead atoms. The molecule has 2 rings (SSSR count). The van der Waals surface area contributed by atoms with E-state index in [2.05, 4.69) is 17.9 Å². The van der Waals surface area contributed by atoms with Gasteiger partial charge in [-0.05, 0) is 18.8 Å². The highest BCUT2D eigenvalue weighted by molar-refractivity contribution is 7.18. The monoisotopic (exact) mass is 293 g/mol. The minimum Gasteiger partial charge on any atom is -0.465 e. The van der Waals surface area contributed by atoms with Gasteiger partial charge in [-0.1, -0.05) is 13.3 Å². The summed E-state index contributed by atoms with van der Waals surface area (Å²) in [7, 11) is 1.32. The second-order valence-electron chi connectivity index (χ2n) is 4.99. The summed E-state index contributed by atoms with van der Waals surface area (Å²) < 4.78 is 4.72. The lowest BCUT2D eigenvalue weighted by Gasteiger charge is -2.33. The second-order valence-corrected chi connectivity index (χ2v) is 5.99. The highest BCUT2D eigenvalue weighted by Gasteiger charge is 2.27. The van der Waals surface area contributed by atoms with Gasteiger partial charge in [0, 0.05) is 13.1 Å². The Kier molecular flexibility index (Phi) is 4.50. The van der Waals surface area contributed by atoms with E-state index in [9.17, 15) is 10.1 Å². The highest BCUT2D eigenvalue weighted by atomic mass is 32.1. The third-order valence-corrected chi connectivity index (χ3v) is 5.04. The molecule has 5 nitrogen and oxygen atoms in total. The minimum absolute atomic E-state index is 0.248. The molecule has 1 aliphatic rings. The molecule has 1 aromatic rings. The minimum atomic E-state index is -0.473. The number of hydrogen-bond donors (Lipinski definition) is 1. The van der Waals surface area contributed by atoms with Crippen molar-refractivity contribution < 1.29 is 9.53 Å². The number of nitrogens with zero attached hydrogens (tertiary/aromatic N) is 2. The topological polar surface area (TPSA) is 79.3 Å². The van der Waals surface area contributed by atoms with Crippen molar-refractivity contribution >= 4 is 28.0 Å². The van der Waals surface area contributed by atoms with Crippen LogP contribution in [0.1, 0.15) is 41.4 Å². The zero-order valence-corrected chi connectivity index (χ0v) is 12.6. The maximum Gasteiger partial charge on any atom is 0.350 e. The van der Waals surface area contributed by atoms with Gasteiger partial charge < -0.3 is 15.4 Å². The van der Waals surface area contributed by atoms with E-state index in [-0.39, 0.29) is 5.69 Å². The summed E-state index contributed by atoms with van der Waals surface area (Å²) >= 11 is 1.27. The number of anilines is 2. The Balaban J connectivity index is 2.36. The molecule has 1 aliphatic heterocycles. The van der Waals surface area contributed by atoms with Crippen molar-refractivity contribution in [1.29, 1.82) is 5.26 Å². The van der Waals surface area contributed by atoms with Crippen LogP contribution in [0.2, 0.25) is 0 Å². The van der Waals surface area contributed by atoms with Crippen LogP contribution < -0.4 is 10.6 Å². The lowest BCUT2D eigenvalue weighted by atomic mass is 9.96. The maximum atomic E-state index is 11.7. The number of carbonyl (C=O) groups is 1. The summed E-state index contributed by atoms with van der Waals surface area (Å²) in [4.78, 5) is 14.2. The average Bonchev–Trinajstić information content (AvgIpc) is 2.83. The van der Waals surface area contributed by atoms with Crippen molar-refractivity contribution in [2.45, 2.75) is 26.2 Å². The maximum absolute atomic E-state index is 11.7. The molecule has 108 valence electrons. The predicted molar refractivity (Wildman–Crippen MR) is 80.0 cm³/mol. The van der Waals surface area contributed by atoms with Crippen LogP contribution >= 0.6 is 11.3 Å². The molecule has 0 radical (unpaired) electrons. The van der Waals surface area contributed by atoms with Gasteiger partial charge in [0.05, 0.1) is 12.8 Å². The number of methoxy groups -OCH3 is 1. The fourth-order valence-electron chi connectivity index (χ4n) is 2.59. The fraction of sp³-hybridized carbons (Fsp3) is 0.571. The van der Waals surface area contributed by atoms with Gasteiger partial charge in [0.25, 0.3) is 0 Å². The van der Waals surface area contributed by atoms with Crippen molar-refractivity contribution in [3.63, 3.8) is 0 Å². The molecule has 1 fully saturated rings. The average molecular weight is 293 g/mol. The van der Waals surface area contributed by atoms with Crippen molar-refractivity contribution in [1.82, 2.24) is 0 Å². The van der Waals surface area contributed by atoms with Crippen molar-refractivity contribution in [2.75, 3.05) is 30.8 Å². The summed E-state index contributed by atoms with van der Waals surface area (Å²) in [5.74, 6) is 0.166.